The van der Waals surface area contributed by atoms with E-state index in [1.807, 2.05) is 12.1 Å². The number of nitrogens with one attached hydrogen (secondary N) is 3. The first kappa shape index (κ1) is 19.8. The summed E-state index contributed by atoms with van der Waals surface area (Å²) in [5, 5.41) is 8.34. The molecular weight excluding hydrogens is 426 g/mol. The van der Waals surface area contributed by atoms with Gasteiger partial charge in [-0.1, -0.05) is 22.0 Å². The third-order valence-corrected chi connectivity index (χ3v) is 4.89. The highest BCUT2D eigenvalue weighted by atomic mass is 79.9. The number of hydrogen-bond donors (Lipinski definition) is 3. The van der Waals surface area contributed by atoms with E-state index in [2.05, 4.69) is 31.9 Å². The van der Waals surface area contributed by atoms with Crippen molar-refractivity contribution in [3.05, 3.63) is 63.8 Å². The molecule has 2 aromatic rings. The van der Waals surface area contributed by atoms with Crippen molar-refractivity contribution in [2.45, 2.75) is 13.0 Å². The van der Waals surface area contributed by atoms with Gasteiger partial charge in [0.1, 0.15) is 0 Å². The maximum atomic E-state index is 13.0. The van der Waals surface area contributed by atoms with E-state index in [1.54, 1.807) is 44.4 Å². The SMILES string of the molecule is COc1ccc(C2NC(=O)NC(C)=C2C(=O)Nc2ccc(Br)cc2)cc1OC. The Kier molecular flexibility index (Phi) is 5.89. The van der Waals surface area contributed by atoms with Crippen molar-refractivity contribution < 1.29 is 19.1 Å². The zero-order valence-electron chi connectivity index (χ0n) is 15.6. The van der Waals surface area contributed by atoms with Gasteiger partial charge in [-0.25, -0.2) is 4.79 Å². The van der Waals surface area contributed by atoms with E-state index in [9.17, 15) is 9.59 Å². The second-order valence-electron chi connectivity index (χ2n) is 6.15. The summed E-state index contributed by atoms with van der Waals surface area (Å²) in [4.78, 5) is 25.1. The molecule has 0 bridgehead atoms. The number of hydrogen-bond acceptors (Lipinski definition) is 4. The standard InChI is InChI=1S/C20H20BrN3O4/c1-11-17(19(25)23-14-7-5-13(21)6-8-14)18(24-20(26)22-11)12-4-9-15(27-2)16(10-12)28-3/h4-10,18H,1-3H3,(H,23,25)(H2,22,24,26). The lowest BCUT2D eigenvalue weighted by Gasteiger charge is -2.29. The quantitative estimate of drug-likeness (QED) is 0.653. The number of halogens is 1. The number of amides is 3. The van der Waals surface area contributed by atoms with Crippen LogP contribution >= 0.6 is 15.9 Å². The molecule has 1 unspecified atom stereocenters. The second-order valence-corrected chi connectivity index (χ2v) is 7.06. The molecule has 146 valence electrons. The predicted octanol–water partition coefficient (Wildman–Crippen LogP) is 3.73. The van der Waals surface area contributed by atoms with Crippen molar-refractivity contribution >= 4 is 33.6 Å². The van der Waals surface area contributed by atoms with Gasteiger partial charge < -0.3 is 25.4 Å². The van der Waals surface area contributed by atoms with Gasteiger partial charge in [0.15, 0.2) is 11.5 Å². The Bertz CT molecular complexity index is 941. The minimum atomic E-state index is -0.635. The fraction of sp³-hybridized carbons (Fsp3) is 0.200. The number of allylic oxidation sites excluding steroid dienone is 1. The van der Waals surface area contributed by atoms with Crippen LogP contribution in [0.2, 0.25) is 0 Å². The van der Waals surface area contributed by atoms with Crippen LogP contribution in [0.15, 0.2) is 58.2 Å². The third-order valence-electron chi connectivity index (χ3n) is 4.36. The van der Waals surface area contributed by atoms with Gasteiger partial charge in [-0.05, 0) is 48.9 Å². The molecule has 0 saturated carbocycles. The summed E-state index contributed by atoms with van der Waals surface area (Å²) in [6.07, 6.45) is 0. The molecule has 0 aromatic heterocycles. The maximum Gasteiger partial charge on any atom is 0.319 e. The summed E-state index contributed by atoms with van der Waals surface area (Å²) in [5.41, 5.74) is 2.25. The average Bonchev–Trinajstić information content (AvgIpc) is 2.68. The Balaban J connectivity index is 1.96. The van der Waals surface area contributed by atoms with Crippen LogP contribution in [0, 0.1) is 0 Å². The third kappa shape index (κ3) is 4.12. The van der Waals surface area contributed by atoms with Gasteiger partial charge >= 0.3 is 6.03 Å². The van der Waals surface area contributed by atoms with Gasteiger partial charge in [-0.3, -0.25) is 4.79 Å². The summed E-state index contributed by atoms with van der Waals surface area (Å²) < 4.78 is 11.5. The summed E-state index contributed by atoms with van der Waals surface area (Å²) in [6.45, 7) is 1.70. The molecule has 1 atom stereocenters. The van der Waals surface area contributed by atoms with Crippen LogP contribution in [0.1, 0.15) is 18.5 Å². The molecule has 1 aliphatic rings. The first-order chi connectivity index (χ1) is 13.4. The molecule has 0 saturated heterocycles. The molecule has 0 radical (unpaired) electrons. The van der Waals surface area contributed by atoms with Gasteiger partial charge in [0.2, 0.25) is 0 Å². The van der Waals surface area contributed by atoms with E-state index in [0.29, 0.717) is 34.0 Å². The Morgan fingerprint density at radius 3 is 2.39 bits per heavy atom. The van der Waals surface area contributed by atoms with Gasteiger partial charge in [-0.15, -0.1) is 0 Å². The molecule has 0 aliphatic carbocycles. The van der Waals surface area contributed by atoms with E-state index >= 15 is 0 Å². The highest BCUT2D eigenvalue weighted by Crippen LogP contribution is 2.34. The van der Waals surface area contributed by atoms with E-state index in [0.717, 1.165) is 4.47 Å². The molecule has 1 heterocycles. The van der Waals surface area contributed by atoms with E-state index in [-0.39, 0.29) is 11.9 Å². The minimum Gasteiger partial charge on any atom is -0.493 e. The summed E-state index contributed by atoms with van der Waals surface area (Å²) >= 11 is 3.37. The number of benzene rings is 2. The van der Waals surface area contributed by atoms with Gasteiger partial charge in [0.25, 0.3) is 5.91 Å². The fourth-order valence-electron chi connectivity index (χ4n) is 3.01. The number of urea groups is 1. The van der Waals surface area contributed by atoms with Crippen LogP contribution in [0.5, 0.6) is 11.5 Å². The van der Waals surface area contributed by atoms with Crippen molar-refractivity contribution in [1.29, 1.82) is 0 Å². The molecule has 0 spiro atoms. The number of methoxy groups -OCH3 is 2. The van der Waals surface area contributed by atoms with Crippen molar-refractivity contribution in [1.82, 2.24) is 10.6 Å². The fourth-order valence-corrected chi connectivity index (χ4v) is 3.27. The normalized spacial score (nSPS) is 16.1. The van der Waals surface area contributed by atoms with Crippen molar-refractivity contribution in [2.75, 3.05) is 19.5 Å². The first-order valence-electron chi connectivity index (χ1n) is 8.50. The molecule has 8 heteroatoms. The molecular formula is C20H20BrN3O4. The smallest absolute Gasteiger partial charge is 0.319 e. The van der Waals surface area contributed by atoms with E-state index in [4.69, 9.17) is 9.47 Å². The molecule has 3 rings (SSSR count). The van der Waals surface area contributed by atoms with E-state index in [1.165, 1.54) is 7.11 Å². The van der Waals surface area contributed by atoms with Crippen LogP contribution in [0.25, 0.3) is 0 Å². The predicted molar refractivity (Wildman–Crippen MR) is 109 cm³/mol. The van der Waals surface area contributed by atoms with Gasteiger partial charge in [0, 0.05) is 15.9 Å². The number of ether oxygens (including phenoxy) is 2. The Morgan fingerprint density at radius 2 is 1.75 bits per heavy atom. The Morgan fingerprint density at radius 1 is 1.07 bits per heavy atom. The highest BCUT2D eigenvalue weighted by molar-refractivity contribution is 9.10. The molecule has 7 nitrogen and oxygen atoms in total. The molecule has 3 N–H and O–H groups in total. The summed E-state index contributed by atoms with van der Waals surface area (Å²) in [5.74, 6) is 0.762. The van der Waals surface area contributed by atoms with Crippen LogP contribution in [0.4, 0.5) is 10.5 Å². The molecule has 28 heavy (non-hydrogen) atoms. The topological polar surface area (TPSA) is 88.7 Å². The van der Waals surface area contributed by atoms with Crippen LogP contribution < -0.4 is 25.4 Å². The Labute approximate surface area is 171 Å². The lowest BCUT2D eigenvalue weighted by atomic mass is 9.94. The van der Waals surface area contributed by atoms with Gasteiger partial charge in [-0.2, -0.15) is 0 Å². The van der Waals surface area contributed by atoms with Crippen LogP contribution in [0.3, 0.4) is 0 Å². The largest absolute Gasteiger partial charge is 0.493 e. The summed E-state index contributed by atoms with van der Waals surface area (Å²) in [7, 11) is 3.08. The molecule has 2 aromatic carbocycles. The van der Waals surface area contributed by atoms with Crippen molar-refractivity contribution in [2.24, 2.45) is 0 Å². The van der Waals surface area contributed by atoms with Crippen LogP contribution in [-0.2, 0) is 4.79 Å². The lowest BCUT2D eigenvalue weighted by molar-refractivity contribution is -0.113. The van der Waals surface area contributed by atoms with Crippen molar-refractivity contribution in [3.63, 3.8) is 0 Å². The molecule has 0 fully saturated rings. The highest BCUT2D eigenvalue weighted by Gasteiger charge is 2.31. The first-order valence-corrected chi connectivity index (χ1v) is 9.29. The molecule has 3 amide bonds. The van der Waals surface area contributed by atoms with Crippen LogP contribution in [-0.4, -0.2) is 26.2 Å². The monoisotopic (exact) mass is 445 g/mol. The zero-order chi connectivity index (χ0) is 20.3. The number of carbonyl (C=O) groups is 2. The molecule has 1 aliphatic heterocycles. The minimum absolute atomic E-state index is 0.313. The van der Waals surface area contributed by atoms with Gasteiger partial charge in [0.05, 0.1) is 25.8 Å². The number of carbonyl (C=O) groups excluding carboxylic acids is 2. The Hall–Kier alpha value is -3.00. The number of rotatable bonds is 5. The number of anilines is 1. The average molecular weight is 446 g/mol. The van der Waals surface area contributed by atoms with Crippen molar-refractivity contribution in [3.8, 4) is 11.5 Å². The van der Waals surface area contributed by atoms with E-state index < -0.39 is 6.04 Å². The lowest BCUT2D eigenvalue weighted by Crippen LogP contribution is -2.45. The zero-order valence-corrected chi connectivity index (χ0v) is 17.2. The maximum absolute atomic E-state index is 13.0. The second kappa shape index (κ2) is 8.35. The summed E-state index contributed by atoms with van der Waals surface area (Å²) in [6, 6.07) is 11.5.